The number of alkyl halides is 3. The van der Waals surface area contributed by atoms with E-state index in [0.29, 0.717) is 22.6 Å². The molecule has 0 unspecified atom stereocenters. The second-order valence-electron chi connectivity index (χ2n) is 7.39. The molecule has 168 valence electrons. The molecule has 2 heterocycles. The van der Waals surface area contributed by atoms with Crippen molar-refractivity contribution in [3.63, 3.8) is 0 Å². The number of aromatic nitrogens is 1. The van der Waals surface area contributed by atoms with Crippen LogP contribution in [-0.2, 0) is 20.5 Å². The summed E-state index contributed by atoms with van der Waals surface area (Å²) in [5.41, 5.74) is 1.50. The van der Waals surface area contributed by atoms with Gasteiger partial charge in [0.25, 0.3) is 5.91 Å². The zero-order chi connectivity index (χ0) is 23.8. The second-order valence-corrected chi connectivity index (χ2v) is 7.39. The summed E-state index contributed by atoms with van der Waals surface area (Å²) >= 11 is 0. The third-order valence-electron chi connectivity index (χ3n) is 5.43. The number of carbonyl (C=O) groups is 2. The Morgan fingerprint density at radius 2 is 1.84 bits per heavy atom. The first-order chi connectivity index (χ1) is 15.0. The predicted molar refractivity (Wildman–Crippen MR) is 115 cm³/mol. The minimum atomic E-state index is -4.52. The molecule has 1 aliphatic heterocycles. The molecule has 1 aromatic heterocycles. The van der Waals surface area contributed by atoms with Crippen LogP contribution in [0.2, 0.25) is 0 Å². The highest BCUT2D eigenvalue weighted by molar-refractivity contribution is 6.16. The van der Waals surface area contributed by atoms with E-state index in [9.17, 15) is 22.8 Å². The number of nitrogens with zero attached hydrogens (tertiary/aromatic N) is 2. The van der Waals surface area contributed by atoms with E-state index in [2.05, 4.69) is 6.58 Å². The standard InChI is InChI=1S/C24H23F3N2O3/c1-6-11-28-16(4)21(23(31)32-5)18(22(28)30)13-17-12-14(2)29(15(17)3)20-10-8-7-9-19(20)24(25,26)27/h6-10,12-13H,1,11H2,2-5H3/b18-13-. The molecule has 2 aromatic rings. The molecule has 0 bridgehead atoms. The van der Waals surface area contributed by atoms with Crippen LogP contribution in [0, 0.1) is 13.8 Å². The van der Waals surface area contributed by atoms with Gasteiger partial charge in [0.05, 0.1) is 29.5 Å². The largest absolute Gasteiger partial charge is 0.465 e. The van der Waals surface area contributed by atoms with Crippen LogP contribution < -0.4 is 0 Å². The Morgan fingerprint density at radius 3 is 2.44 bits per heavy atom. The van der Waals surface area contributed by atoms with E-state index >= 15 is 0 Å². The van der Waals surface area contributed by atoms with E-state index in [1.807, 2.05) is 0 Å². The van der Waals surface area contributed by atoms with Crippen molar-refractivity contribution >= 4 is 18.0 Å². The number of ether oxygens (including phenoxy) is 1. The Kier molecular flexibility index (Phi) is 6.16. The highest BCUT2D eigenvalue weighted by Gasteiger charge is 2.37. The first kappa shape index (κ1) is 23.1. The van der Waals surface area contributed by atoms with Crippen molar-refractivity contribution in [1.82, 2.24) is 9.47 Å². The molecule has 0 fully saturated rings. The van der Waals surface area contributed by atoms with Gasteiger partial charge in [-0.25, -0.2) is 4.79 Å². The molecule has 0 N–H and O–H groups in total. The van der Waals surface area contributed by atoms with E-state index in [4.69, 9.17) is 4.74 Å². The molecule has 32 heavy (non-hydrogen) atoms. The number of methoxy groups -OCH3 is 1. The molecule has 1 aromatic carbocycles. The zero-order valence-electron chi connectivity index (χ0n) is 18.2. The number of aryl methyl sites for hydroxylation is 1. The molecule has 0 saturated carbocycles. The van der Waals surface area contributed by atoms with Gasteiger partial charge in [0, 0.05) is 23.6 Å². The predicted octanol–water partition coefficient (Wildman–Crippen LogP) is 4.97. The van der Waals surface area contributed by atoms with Crippen LogP contribution in [0.25, 0.3) is 11.8 Å². The molecule has 8 heteroatoms. The fourth-order valence-electron chi connectivity index (χ4n) is 3.95. The molecule has 0 radical (unpaired) electrons. The molecule has 0 spiro atoms. The minimum absolute atomic E-state index is 0.00871. The van der Waals surface area contributed by atoms with Crippen LogP contribution >= 0.6 is 0 Å². The highest BCUT2D eigenvalue weighted by atomic mass is 19.4. The van der Waals surface area contributed by atoms with Gasteiger partial charge in [-0.15, -0.1) is 6.58 Å². The average Bonchev–Trinajstić information content (AvgIpc) is 3.14. The summed E-state index contributed by atoms with van der Waals surface area (Å²) in [6, 6.07) is 6.99. The van der Waals surface area contributed by atoms with Crippen LogP contribution in [0.5, 0.6) is 0 Å². The fourth-order valence-corrected chi connectivity index (χ4v) is 3.95. The quantitative estimate of drug-likeness (QED) is 0.372. The number of amides is 1. The molecular formula is C24H23F3N2O3. The SMILES string of the molecule is C=CCN1C(=O)/C(=C\c2cc(C)n(-c3ccccc3C(F)(F)F)c2C)C(C(=O)OC)=C1C. The van der Waals surface area contributed by atoms with Crippen molar-refractivity contribution in [3.05, 3.63) is 82.3 Å². The number of benzene rings is 1. The maximum atomic E-state index is 13.6. The van der Waals surface area contributed by atoms with E-state index in [1.54, 1.807) is 32.9 Å². The topological polar surface area (TPSA) is 51.5 Å². The van der Waals surface area contributed by atoms with Crippen molar-refractivity contribution in [3.8, 4) is 5.69 Å². The van der Waals surface area contributed by atoms with Crippen LogP contribution in [0.4, 0.5) is 13.2 Å². The molecule has 5 nitrogen and oxygen atoms in total. The zero-order valence-corrected chi connectivity index (χ0v) is 18.2. The van der Waals surface area contributed by atoms with Crippen molar-refractivity contribution in [2.75, 3.05) is 13.7 Å². The Labute approximate surface area is 184 Å². The fraction of sp³-hybridized carbons (Fsp3) is 0.250. The van der Waals surface area contributed by atoms with Crippen molar-refractivity contribution < 1.29 is 27.5 Å². The van der Waals surface area contributed by atoms with Crippen molar-refractivity contribution in [2.24, 2.45) is 0 Å². The Morgan fingerprint density at radius 1 is 1.19 bits per heavy atom. The first-order valence-electron chi connectivity index (χ1n) is 9.82. The molecule has 3 rings (SSSR count). The molecule has 0 atom stereocenters. The van der Waals surface area contributed by atoms with Gasteiger partial charge >= 0.3 is 12.1 Å². The number of allylic oxidation sites excluding steroid dienone is 1. The van der Waals surface area contributed by atoms with Gasteiger partial charge in [-0.3, -0.25) is 4.79 Å². The summed E-state index contributed by atoms with van der Waals surface area (Å²) < 4.78 is 47.1. The van der Waals surface area contributed by atoms with E-state index in [0.717, 1.165) is 6.07 Å². The maximum absolute atomic E-state index is 13.6. The van der Waals surface area contributed by atoms with Gasteiger partial charge < -0.3 is 14.2 Å². The summed E-state index contributed by atoms with van der Waals surface area (Å²) in [6.07, 6.45) is -1.46. The summed E-state index contributed by atoms with van der Waals surface area (Å²) in [5, 5.41) is 0. The van der Waals surface area contributed by atoms with Gasteiger partial charge in [-0.2, -0.15) is 13.2 Å². The van der Waals surface area contributed by atoms with E-state index in [1.165, 1.54) is 40.9 Å². The van der Waals surface area contributed by atoms with Gasteiger partial charge in [0.15, 0.2) is 0 Å². The lowest BCUT2D eigenvalue weighted by molar-refractivity contribution is -0.137. The van der Waals surface area contributed by atoms with Crippen LogP contribution in [-0.4, -0.2) is 35.0 Å². The third kappa shape index (κ3) is 3.88. The number of para-hydroxylation sites is 1. The maximum Gasteiger partial charge on any atom is 0.418 e. The number of carbonyl (C=O) groups excluding carboxylic acids is 2. The Balaban J connectivity index is 2.19. The minimum Gasteiger partial charge on any atom is -0.465 e. The Hall–Kier alpha value is -3.55. The van der Waals surface area contributed by atoms with Gasteiger partial charge in [0.2, 0.25) is 0 Å². The number of rotatable bonds is 5. The number of halogens is 3. The van der Waals surface area contributed by atoms with Crippen LogP contribution in [0.1, 0.15) is 29.4 Å². The van der Waals surface area contributed by atoms with Crippen molar-refractivity contribution in [1.29, 1.82) is 0 Å². The van der Waals surface area contributed by atoms with Gasteiger partial charge in [-0.05, 0) is 50.6 Å². The number of esters is 1. The Bertz CT molecular complexity index is 1170. The molecule has 0 aliphatic carbocycles. The van der Waals surface area contributed by atoms with E-state index < -0.39 is 23.6 Å². The monoisotopic (exact) mass is 444 g/mol. The highest BCUT2D eigenvalue weighted by Crippen LogP contribution is 2.37. The number of hydrogen-bond donors (Lipinski definition) is 0. The lowest BCUT2D eigenvalue weighted by atomic mass is 10.0. The average molecular weight is 444 g/mol. The van der Waals surface area contributed by atoms with Crippen LogP contribution in [0.3, 0.4) is 0 Å². The lowest BCUT2D eigenvalue weighted by Crippen LogP contribution is -2.25. The summed E-state index contributed by atoms with van der Waals surface area (Å²) in [6.45, 7) is 8.83. The summed E-state index contributed by atoms with van der Waals surface area (Å²) in [7, 11) is 1.22. The van der Waals surface area contributed by atoms with Gasteiger partial charge in [0.1, 0.15) is 0 Å². The summed E-state index contributed by atoms with van der Waals surface area (Å²) in [5.74, 6) is -1.06. The summed E-state index contributed by atoms with van der Waals surface area (Å²) in [4.78, 5) is 26.8. The van der Waals surface area contributed by atoms with Crippen molar-refractivity contribution in [2.45, 2.75) is 26.9 Å². The lowest BCUT2D eigenvalue weighted by Gasteiger charge is -2.16. The second kappa shape index (κ2) is 8.53. The third-order valence-corrected chi connectivity index (χ3v) is 5.43. The molecule has 1 aliphatic rings. The smallest absolute Gasteiger partial charge is 0.418 e. The first-order valence-corrected chi connectivity index (χ1v) is 9.82. The van der Waals surface area contributed by atoms with E-state index in [-0.39, 0.29) is 23.4 Å². The normalized spacial score (nSPS) is 15.7. The van der Waals surface area contributed by atoms with Crippen LogP contribution in [0.15, 0.2) is 59.8 Å². The van der Waals surface area contributed by atoms with Gasteiger partial charge in [-0.1, -0.05) is 18.2 Å². The molecule has 1 amide bonds. The molecule has 0 saturated heterocycles. The number of hydrogen-bond acceptors (Lipinski definition) is 3. The molecular weight excluding hydrogens is 421 g/mol.